The standard InChI is InChI=1S/C19H22N2O6/c1-11-2-3-13-14(8-11)18(24)21(17(13)23)10-16(22)20-9-15(19(25)26)12-4-6-27-7-5-12/h2-3,8,12,15H,4-7,9-10H2,1H3,(H,20,22)(H,25,26). The molecule has 1 unspecified atom stereocenters. The van der Waals surface area contributed by atoms with Gasteiger partial charge in [0.2, 0.25) is 5.91 Å². The minimum atomic E-state index is -0.974. The van der Waals surface area contributed by atoms with E-state index in [1.165, 1.54) is 0 Å². The number of nitrogens with one attached hydrogen (secondary N) is 1. The molecule has 1 aromatic rings. The number of carbonyl (C=O) groups excluding carboxylic acids is 3. The van der Waals surface area contributed by atoms with Crippen LogP contribution in [0, 0.1) is 18.8 Å². The molecule has 3 rings (SSSR count). The van der Waals surface area contributed by atoms with Crippen LogP contribution in [-0.2, 0) is 14.3 Å². The average molecular weight is 374 g/mol. The van der Waals surface area contributed by atoms with Gasteiger partial charge in [0.1, 0.15) is 6.54 Å². The van der Waals surface area contributed by atoms with Gasteiger partial charge in [-0.15, -0.1) is 0 Å². The van der Waals surface area contributed by atoms with Gasteiger partial charge in [-0.3, -0.25) is 24.1 Å². The summed E-state index contributed by atoms with van der Waals surface area (Å²) in [4.78, 5) is 49.4. The maximum atomic E-state index is 12.4. The van der Waals surface area contributed by atoms with Crippen molar-refractivity contribution < 1.29 is 29.0 Å². The molecular formula is C19H22N2O6. The first-order chi connectivity index (χ1) is 12.9. The van der Waals surface area contributed by atoms with Crippen LogP contribution in [0.15, 0.2) is 18.2 Å². The van der Waals surface area contributed by atoms with E-state index >= 15 is 0 Å². The molecule has 8 heteroatoms. The quantitative estimate of drug-likeness (QED) is 0.713. The molecule has 0 bridgehead atoms. The van der Waals surface area contributed by atoms with Crippen molar-refractivity contribution in [2.24, 2.45) is 11.8 Å². The van der Waals surface area contributed by atoms with E-state index in [1.54, 1.807) is 18.2 Å². The highest BCUT2D eigenvalue weighted by atomic mass is 16.5. The fraction of sp³-hybridized carbons (Fsp3) is 0.474. The van der Waals surface area contributed by atoms with Crippen molar-refractivity contribution in [3.63, 3.8) is 0 Å². The number of rotatable bonds is 6. The maximum Gasteiger partial charge on any atom is 0.308 e. The number of hydrogen-bond donors (Lipinski definition) is 2. The number of hydrogen-bond acceptors (Lipinski definition) is 5. The lowest BCUT2D eigenvalue weighted by Crippen LogP contribution is -2.44. The highest BCUT2D eigenvalue weighted by Gasteiger charge is 2.37. The van der Waals surface area contributed by atoms with Gasteiger partial charge in [0.15, 0.2) is 0 Å². The minimum absolute atomic E-state index is 0.0406. The number of aliphatic carboxylic acids is 1. The lowest BCUT2D eigenvalue weighted by atomic mass is 9.86. The van der Waals surface area contributed by atoms with Crippen LogP contribution in [0.4, 0.5) is 0 Å². The molecule has 3 amide bonds. The van der Waals surface area contributed by atoms with Gasteiger partial charge < -0.3 is 15.2 Å². The number of fused-ring (bicyclic) bond motifs is 1. The van der Waals surface area contributed by atoms with Gasteiger partial charge in [0, 0.05) is 19.8 Å². The Morgan fingerprint density at radius 1 is 1.22 bits per heavy atom. The average Bonchev–Trinajstić information content (AvgIpc) is 2.87. The number of amides is 3. The smallest absolute Gasteiger partial charge is 0.308 e. The second kappa shape index (κ2) is 7.87. The highest BCUT2D eigenvalue weighted by molar-refractivity contribution is 6.22. The monoisotopic (exact) mass is 374 g/mol. The Kier molecular flexibility index (Phi) is 5.55. The van der Waals surface area contributed by atoms with Gasteiger partial charge in [-0.1, -0.05) is 11.6 Å². The molecular weight excluding hydrogens is 352 g/mol. The third-order valence-electron chi connectivity index (χ3n) is 5.10. The maximum absolute atomic E-state index is 12.4. The second-order valence-corrected chi connectivity index (χ2v) is 6.94. The number of benzene rings is 1. The zero-order valence-corrected chi connectivity index (χ0v) is 15.1. The second-order valence-electron chi connectivity index (χ2n) is 6.94. The predicted octanol–water partition coefficient (Wildman–Crippen LogP) is 0.835. The van der Waals surface area contributed by atoms with Crippen molar-refractivity contribution >= 4 is 23.7 Å². The lowest BCUT2D eigenvalue weighted by Gasteiger charge is -2.27. The molecule has 2 N–H and O–H groups in total. The Hall–Kier alpha value is -2.74. The van der Waals surface area contributed by atoms with E-state index in [9.17, 15) is 24.3 Å². The van der Waals surface area contributed by atoms with Gasteiger partial charge in [0.05, 0.1) is 17.0 Å². The number of carbonyl (C=O) groups is 4. The zero-order valence-electron chi connectivity index (χ0n) is 15.1. The number of aryl methyl sites for hydroxylation is 1. The van der Waals surface area contributed by atoms with Crippen LogP contribution in [0.2, 0.25) is 0 Å². The summed E-state index contributed by atoms with van der Waals surface area (Å²) in [6.45, 7) is 2.37. The minimum Gasteiger partial charge on any atom is -0.481 e. The lowest BCUT2D eigenvalue weighted by molar-refractivity contribution is -0.145. The van der Waals surface area contributed by atoms with Gasteiger partial charge in [-0.05, 0) is 37.8 Å². The Balaban J connectivity index is 1.60. The van der Waals surface area contributed by atoms with Crippen LogP contribution >= 0.6 is 0 Å². The van der Waals surface area contributed by atoms with E-state index < -0.39 is 36.2 Å². The third-order valence-corrected chi connectivity index (χ3v) is 5.10. The molecule has 2 heterocycles. The molecule has 0 spiro atoms. The van der Waals surface area contributed by atoms with Gasteiger partial charge >= 0.3 is 5.97 Å². The van der Waals surface area contributed by atoms with E-state index in [0.29, 0.717) is 31.6 Å². The molecule has 1 aromatic carbocycles. The van der Waals surface area contributed by atoms with Gasteiger partial charge in [0.25, 0.3) is 11.8 Å². The summed E-state index contributed by atoms with van der Waals surface area (Å²) in [5, 5.41) is 12.0. The molecule has 0 aliphatic carbocycles. The van der Waals surface area contributed by atoms with E-state index in [1.807, 2.05) is 6.92 Å². The van der Waals surface area contributed by atoms with E-state index in [2.05, 4.69) is 5.32 Å². The summed E-state index contributed by atoms with van der Waals surface area (Å²) in [6, 6.07) is 4.94. The molecule has 2 aliphatic rings. The first-order valence-corrected chi connectivity index (χ1v) is 8.92. The van der Waals surface area contributed by atoms with Crippen LogP contribution in [0.1, 0.15) is 39.1 Å². The Morgan fingerprint density at radius 3 is 2.56 bits per heavy atom. The summed E-state index contributed by atoms with van der Waals surface area (Å²) in [7, 11) is 0. The number of carboxylic acid groups (broad SMARTS) is 1. The summed E-state index contributed by atoms with van der Waals surface area (Å²) in [5.74, 6) is -3.34. The molecule has 1 fully saturated rings. The van der Waals surface area contributed by atoms with E-state index in [4.69, 9.17) is 4.74 Å². The normalized spacial score (nSPS) is 18.3. The number of carboxylic acids is 1. The Morgan fingerprint density at radius 2 is 1.89 bits per heavy atom. The molecule has 1 saturated heterocycles. The van der Waals surface area contributed by atoms with Crippen molar-refractivity contribution in [3.05, 3.63) is 34.9 Å². The van der Waals surface area contributed by atoms with Crippen LogP contribution in [0.5, 0.6) is 0 Å². The van der Waals surface area contributed by atoms with Crippen molar-refractivity contribution in [1.29, 1.82) is 0 Å². The van der Waals surface area contributed by atoms with Gasteiger partial charge in [-0.2, -0.15) is 0 Å². The molecule has 0 saturated carbocycles. The SMILES string of the molecule is Cc1ccc2c(c1)C(=O)N(CC(=O)NCC(C(=O)O)C1CCOCC1)C2=O. The zero-order chi connectivity index (χ0) is 19.6. The molecule has 27 heavy (non-hydrogen) atoms. The van der Waals surface area contributed by atoms with E-state index in [-0.39, 0.29) is 18.0 Å². The molecule has 8 nitrogen and oxygen atoms in total. The first-order valence-electron chi connectivity index (χ1n) is 8.92. The highest BCUT2D eigenvalue weighted by Crippen LogP contribution is 2.25. The van der Waals surface area contributed by atoms with Crippen molar-refractivity contribution in [1.82, 2.24) is 10.2 Å². The third kappa shape index (κ3) is 4.00. The number of imide groups is 1. The predicted molar refractivity (Wildman–Crippen MR) is 94.2 cm³/mol. The summed E-state index contributed by atoms with van der Waals surface area (Å²) in [6.07, 6.45) is 1.26. The molecule has 0 aromatic heterocycles. The fourth-order valence-electron chi connectivity index (χ4n) is 3.55. The topological polar surface area (TPSA) is 113 Å². The molecule has 2 aliphatic heterocycles. The Bertz CT molecular complexity index is 784. The molecule has 0 radical (unpaired) electrons. The fourth-order valence-corrected chi connectivity index (χ4v) is 3.55. The first kappa shape index (κ1) is 19.0. The Labute approximate surface area is 156 Å². The molecule has 1 atom stereocenters. The number of ether oxygens (including phenoxy) is 1. The van der Waals surface area contributed by atoms with E-state index in [0.717, 1.165) is 10.5 Å². The van der Waals surface area contributed by atoms with Crippen LogP contribution in [0.3, 0.4) is 0 Å². The van der Waals surface area contributed by atoms with Gasteiger partial charge in [-0.25, -0.2) is 0 Å². The largest absolute Gasteiger partial charge is 0.481 e. The van der Waals surface area contributed by atoms with Crippen molar-refractivity contribution in [3.8, 4) is 0 Å². The van der Waals surface area contributed by atoms with Crippen LogP contribution < -0.4 is 5.32 Å². The molecule has 144 valence electrons. The van der Waals surface area contributed by atoms with Crippen LogP contribution in [-0.4, -0.2) is 60.0 Å². The summed E-state index contributed by atoms with van der Waals surface area (Å²) >= 11 is 0. The van der Waals surface area contributed by atoms with Crippen molar-refractivity contribution in [2.75, 3.05) is 26.3 Å². The number of nitrogens with zero attached hydrogens (tertiary/aromatic N) is 1. The summed E-state index contributed by atoms with van der Waals surface area (Å²) < 4.78 is 5.24. The van der Waals surface area contributed by atoms with Crippen LogP contribution in [0.25, 0.3) is 0 Å². The summed E-state index contributed by atoms with van der Waals surface area (Å²) in [5.41, 5.74) is 1.42. The van der Waals surface area contributed by atoms with Crippen molar-refractivity contribution in [2.45, 2.75) is 19.8 Å².